The van der Waals surface area contributed by atoms with E-state index in [0.717, 1.165) is 95.7 Å². The summed E-state index contributed by atoms with van der Waals surface area (Å²) in [5.74, 6) is 2.08. The van der Waals surface area contributed by atoms with Gasteiger partial charge >= 0.3 is 6.09 Å². The average Bonchev–Trinajstić information content (AvgIpc) is 3.75. The minimum Gasteiger partial charge on any atom is -0.453 e. The largest absolute Gasteiger partial charge is 0.453 e. The molecular weight excluding hydrogens is 609 g/mol. The molecular formula is C37H46FN7O3. The molecule has 4 heterocycles. The molecule has 10 nitrogen and oxygen atoms in total. The molecule has 48 heavy (non-hydrogen) atoms. The summed E-state index contributed by atoms with van der Waals surface area (Å²) in [6, 6.07) is 15.3. The molecule has 3 atom stereocenters. The van der Waals surface area contributed by atoms with E-state index in [2.05, 4.69) is 42.3 Å². The van der Waals surface area contributed by atoms with Gasteiger partial charge in [-0.15, -0.1) is 0 Å². The Bertz CT molecular complexity index is 1590. The predicted molar refractivity (Wildman–Crippen MR) is 180 cm³/mol. The smallest absolute Gasteiger partial charge is 0.407 e. The Morgan fingerprint density at radius 2 is 1.92 bits per heavy atom. The van der Waals surface area contributed by atoms with Crippen molar-refractivity contribution in [3.63, 3.8) is 0 Å². The Kier molecular flexibility index (Phi) is 9.55. The first-order valence-electron chi connectivity index (χ1n) is 17.5. The van der Waals surface area contributed by atoms with Gasteiger partial charge in [0.1, 0.15) is 17.6 Å². The molecule has 2 aromatic carbocycles. The number of benzene rings is 2. The van der Waals surface area contributed by atoms with Gasteiger partial charge in [0.15, 0.2) is 5.75 Å². The standard InChI is InChI=1S/C37H46FN7O3/c1-47-36(46)42-34-8-3-7-33(34)37(25-44-13-4-14-44,29-5-2-6-30(38)17-29)28-11-15-43(16-12-28)22-26-23-45(24-26)31-10-9-27(19-39)35(18-31)48-32-20-40-41-21-32/h2,5-6,9-10,17-18,20-21,26,28,33-34H,3-4,7-8,11-16,22-25H2,1H3,(H,40,41)(H,42,46)/t33-,34-,37?/m0/s1. The summed E-state index contributed by atoms with van der Waals surface area (Å²) in [7, 11) is 1.43. The van der Waals surface area contributed by atoms with Crippen molar-refractivity contribution in [3.8, 4) is 17.6 Å². The van der Waals surface area contributed by atoms with Gasteiger partial charge in [0.2, 0.25) is 0 Å². The van der Waals surface area contributed by atoms with Crippen molar-refractivity contribution in [2.45, 2.75) is 50.0 Å². The van der Waals surface area contributed by atoms with Gasteiger partial charge in [-0.3, -0.25) is 5.10 Å². The summed E-state index contributed by atoms with van der Waals surface area (Å²) in [6.45, 7) is 8.05. The number of rotatable bonds is 11. The second-order valence-corrected chi connectivity index (χ2v) is 14.1. The van der Waals surface area contributed by atoms with E-state index in [0.29, 0.717) is 28.9 Å². The monoisotopic (exact) mass is 655 g/mol. The zero-order chi connectivity index (χ0) is 33.1. The molecule has 1 aliphatic carbocycles. The van der Waals surface area contributed by atoms with Gasteiger partial charge < -0.3 is 29.5 Å². The zero-order valence-electron chi connectivity index (χ0n) is 27.7. The maximum absolute atomic E-state index is 15.0. The minimum atomic E-state index is -0.379. The van der Waals surface area contributed by atoms with Crippen LogP contribution in [0.1, 0.15) is 49.7 Å². The van der Waals surface area contributed by atoms with Crippen LogP contribution in [0.25, 0.3) is 0 Å². The third-order valence-electron chi connectivity index (χ3n) is 11.4. The number of anilines is 1. The van der Waals surface area contributed by atoms with Gasteiger partial charge in [-0.05, 0) is 99.9 Å². The van der Waals surface area contributed by atoms with Crippen molar-refractivity contribution in [1.29, 1.82) is 5.26 Å². The SMILES string of the molecule is COC(=O)N[C@H]1CCC[C@@H]1C(CN1CCC1)(c1cccc(F)c1)C1CCN(CC2CN(c3ccc(C#N)c(Oc4cn[nH]c4)c3)C2)CC1. The maximum Gasteiger partial charge on any atom is 0.407 e. The first kappa shape index (κ1) is 32.4. The van der Waals surface area contributed by atoms with Crippen molar-refractivity contribution < 1.29 is 18.7 Å². The van der Waals surface area contributed by atoms with Gasteiger partial charge in [0.25, 0.3) is 0 Å². The highest BCUT2D eigenvalue weighted by molar-refractivity contribution is 5.67. The van der Waals surface area contributed by atoms with Crippen LogP contribution >= 0.6 is 0 Å². The number of nitrogens with zero attached hydrogens (tertiary/aromatic N) is 5. The number of likely N-dealkylation sites (tertiary alicyclic amines) is 2. The average molecular weight is 656 g/mol. The van der Waals surface area contributed by atoms with E-state index in [-0.39, 0.29) is 29.3 Å². The number of nitriles is 1. The number of aromatic amines is 1. The summed E-state index contributed by atoms with van der Waals surface area (Å²) < 4.78 is 25.9. The first-order chi connectivity index (χ1) is 23.4. The lowest BCUT2D eigenvalue weighted by atomic mass is 9.57. The summed E-state index contributed by atoms with van der Waals surface area (Å²) in [5, 5.41) is 19.4. The van der Waals surface area contributed by atoms with Crippen molar-refractivity contribution >= 4 is 11.8 Å². The van der Waals surface area contributed by atoms with Crippen LogP contribution in [0.5, 0.6) is 11.5 Å². The number of methoxy groups -OCH3 is 1. The fraction of sp³-hybridized carbons (Fsp3) is 0.541. The Balaban J connectivity index is 1.03. The number of hydrogen-bond donors (Lipinski definition) is 2. The van der Waals surface area contributed by atoms with E-state index in [1.165, 1.54) is 13.5 Å². The number of amides is 1. The summed E-state index contributed by atoms with van der Waals surface area (Å²) in [5.41, 5.74) is 2.38. The second kappa shape index (κ2) is 14.1. The predicted octanol–water partition coefficient (Wildman–Crippen LogP) is 5.53. The zero-order valence-corrected chi connectivity index (χ0v) is 27.7. The normalized spacial score (nSPS) is 23.5. The van der Waals surface area contributed by atoms with Gasteiger partial charge in [-0.2, -0.15) is 10.4 Å². The summed E-state index contributed by atoms with van der Waals surface area (Å²) >= 11 is 0. The lowest BCUT2D eigenvalue weighted by Crippen LogP contribution is -2.60. The van der Waals surface area contributed by atoms with Gasteiger partial charge in [0, 0.05) is 55.3 Å². The molecule has 1 aromatic heterocycles. The van der Waals surface area contributed by atoms with Gasteiger partial charge in [0.05, 0.1) is 25.1 Å². The van der Waals surface area contributed by atoms with Crippen LogP contribution in [0.15, 0.2) is 54.9 Å². The number of H-pyrrole nitrogens is 1. The van der Waals surface area contributed by atoms with Crippen LogP contribution in [0, 0.1) is 34.9 Å². The number of ether oxygens (including phenoxy) is 2. The van der Waals surface area contributed by atoms with Crippen molar-refractivity contribution in [1.82, 2.24) is 25.3 Å². The van der Waals surface area contributed by atoms with E-state index in [1.807, 2.05) is 24.3 Å². The molecule has 3 aromatic rings. The van der Waals surface area contributed by atoms with Crippen LogP contribution in [-0.4, -0.2) is 91.6 Å². The number of aromatic nitrogens is 2. The van der Waals surface area contributed by atoms with E-state index in [4.69, 9.17) is 9.47 Å². The van der Waals surface area contributed by atoms with Crippen molar-refractivity contribution in [2.24, 2.45) is 17.8 Å². The number of carbonyl (C=O) groups is 1. The molecule has 254 valence electrons. The third kappa shape index (κ3) is 6.61. The molecule has 4 fully saturated rings. The maximum atomic E-state index is 15.0. The highest BCUT2D eigenvalue weighted by Crippen LogP contribution is 2.51. The topological polar surface area (TPSA) is 110 Å². The lowest BCUT2D eigenvalue weighted by molar-refractivity contribution is 0.0223. The fourth-order valence-electron chi connectivity index (χ4n) is 8.94. The summed E-state index contributed by atoms with van der Waals surface area (Å²) in [6.07, 6.45) is 9.15. The molecule has 0 spiro atoms. The van der Waals surface area contributed by atoms with Crippen LogP contribution in [0.2, 0.25) is 0 Å². The number of halogens is 1. The molecule has 0 bridgehead atoms. The van der Waals surface area contributed by atoms with Gasteiger partial charge in [-0.1, -0.05) is 18.6 Å². The Morgan fingerprint density at radius 3 is 2.60 bits per heavy atom. The number of carbonyl (C=O) groups excluding carboxylic acids is 1. The molecule has 11 heteroatoms. The minimum absolute atomic E-state index is 0.00816. The Hall–Kier alpha value is -4.14. The highest BCUT2D eigenvalue weighted by Gasteiger charge is 2.53. The number of piperidine rings is 1. The summed E-state index contributed by atoms with van der Waals surface area (Å²) in [4.78, 5) is 20.0. The van der Waals surface area contributed by atoms with Crippen LogP contribution < -0.4 is 15.0 Å². The molecule has 1 unspecified atom stereocenters. The molecule has 1 amide bonds. The van der Waals surface area contributed by atoms with Crippen LogP contribution in [0.4, 0.5) is 14.9 Å². The first-order valence-corrected chi connectivity index (χ1v) is 17.5. The van der Waals surface area contributed by atoms with Crippen molar-refractivity contribution in [2.75, 3.05) is 64.4 Å². The molecule has 2 N–H and O–H groups in total. The second-order valence-electron chi connectivity index (χ2n) is 14.1. The third-order valence-corrected chi connectivity index (χ3v) is 11.4. The molecule has 0 radical (unpaired) electrons. The quantitative estimate of drug-likeness (QED) is 0.278. The molecule has 7 rings (SSSR count). The lowest BCUT2D eigenvalue weighted by Gasteiger charge is -2.54. The number of nitrogens with one attached hydrogen (secondary N) is 2. The molecule has 3 aliphatic heterocycles. The number of alkyl carbamates (subject to hydrolysis) is 1. The van der Waals surface area contributed by atoms with Crippen LogP contribution in [-0.2, 0) is 10.2 Å². The van der Waals surface area contributed by atoms with Gasteiger partial charge in [-0.25, -0.2) is 9.18 Å². The molecule has 4 aliphatic rings. The Morgan fingerprint density at radius 1 is 1.08 bits per heavy atom. The number of hydrogen-bond acceptors (Lipinski definition) is 8. The van der Waals surface area contributed by atoms with E-state index in [9.17, 15) is 14.4 Å². The van der Waals surface area contributed by atoms with E-state index >= 15 is 0 Å². The molecule has 3 saturated heterocycles. The fourth-order valence-corrected chi connectivity index (χ4v) is 8.94. The Labute approximate surface area is 282 Å². The van der Waals surface area contributed by atoms with Crippen molar-refractivity contribution in [3.05, 3.63) is 71.8 Å². The van der Waals surface area contributed by atoms with Crippen LogP contribution in [0.3, 0.4) is 0 Å². The van der Waals surface area contributed by atoms with E-state index < -0.39 is 0 Å². The highest BCUT2D eigenvalue weighted by atomic mass is 19.1. The van der Waals surface area contributed by atoms with E-state index in [1.54, 1.807) is 24.5 Å². The molecule has 1 saturated carbocycles.